The van der Waals surface area contributed by atoms with Gasteiger partial charge in [0.2, 0.25) is 11.8 Å². The number of ether oxygens (including phenoxy) is 1. The molecule has 2 fully saturated rings. The number of amides is 2. The van der Waals surface area contributed by atoms with Crippen molar-refractivity contribution in [3.05, 3.63) is 35.9 Å². The third-order valence-electron chi connectivity index (χ3n) is 5.16. The van der Waals surface area contributed by atoms with Crippen molar-refractivity contribution >= 4 is 11.8 Å². The largest absolute Gasteiger partial charge is 0.394 e. The van der Waals surface area contributed by atoms with Gasteiger partial charge in [0.1, 0.15) is 6.10 Å². The standard InChI is InChI=1S/C20H28N2O4/c1-13(14-5-3-2-4-6-14)21-19(24)11-16-9-10-17(18(12-23)26-16)22-20(25)15-7-8-15/h2-6,13,15-18,23H,7-12H2,1H3,(H,21,24)(H,22,25)/t13-,16+,17+,18+/m1/s1. The van der Waals surface area contributed by atoms with E-state index in [1.54, 1.807) is 0 Å². The molecule has 0 bridgehead atoms. The molecule has 142 valence electrons. The molecule has 3 rings (SSSR count). The summed E-state index contributed by atoms with van der Waals surface area (Å²) in [5, 5.41) is 15.6. The van der Waals surface area contributed by atoms with Crippen LogP contribution in [0.5, 0.6) is 0 Å². The minimum Gasteiger partial charge on any atom is -0.394 e. The van der Waals surface area contributed by atoms with Crippen molar-refractivity contribution in [1.82, 2.24) is 10.6 Å². The van der Waals surface area contributed by atoms with Gasteiger partial charge in [0.15, 0.2) is 0 Å². The monoisotopic (exact) mass is 360 g/mol. The van der Waals surface area contributed by atoms with E-state index in [9.17, 15) is 14.7 Å². The average Bonchev–Trinajstić information content (AvgIpc) is 3.48. The Bertz CT molecular complexity index is 617. The topological polar surface area (TPSA) is 87.7 Å². The first-order chi connectivity index (χ1) is 12.6. The first-order valence-electron chi connectivity index (χ1n) is 9.47. The fourth-order valence-corrected chi connectivity index (χ4v) is 3.43. The van der Waals surface area contributed by atoms with Gasteiger partial charge in [-0.3, -0.25) is 9.59 Å². The molecule has 6 nitrogen and oxygen atoms in total. The van der Waals surface area contributed by atoms with Crippen molar-refractivity contribution in [2.75, 3.05) is 6.61 Å². The van der Waals surface area contributed by atoms with Crippen LogP contribution in [0, 0.1) is 5.92 Å². The molecular weight excluding hydrogens is 332 g/mol. The minimum atomic E-state index is -0.448. The number of carbonyl (C=O) groups excluding carboxylic acids is 2. The molecule has 1 saturated carbocycles. The average molecular weight is 360 g/mol. The molecule has 1 saturated heterocycles. The minimum absolute atomic E-state index is 0.0601. The Morgan fingerprint density at radius 3 is 2.58 bits per heavy atom. The third kappa shape index (κ3) is 5.05. The van der Waals surface area contributed by atoms with E-state index in [2.05, 4.69) is 10.6 Å². The molecule has 26 heavy (non-hydrogen) atoms. The van der Waals surface area contributed by atoms with Gasteiger partial charge in [-0.25, -0.2) is 0 Å². The van der Waals surface area contributed by atoms with Crippen LogP contribution in [0.1, 0.15) is 50.6 Å². The van der Waals surface area contributed by atoms with Crippen molar-refractivity contribution in [3.8, 4) is 0 Å². The number of carbonyl (C=O) groups is 2. The molecule has 2 amide bonds. The zero-order valence-electron chi connectivity index (χ0n) is 15.2. The number of hydrogen-bond acceptors (Lipinski definition) is 4. The van der Waals surface area contributed by atoms with E-state index in [4.69, 9.17) is 4.74 Å². The van der Waals surface area contributed by atoms with Gasteiger partial charge < -0.3 is 20.5 Å². The maximum absolute atomic E-state index is 12.3. The first-order valence-corrected chi connectivity index (χ1v) is 9.47. The van der Waals surface area contributed by atoms with E-state index >= 15 is 0 Å². The molecule has 1 heterocycles. The van der Waals surface area contributed by atoms with E-state index in [0.29, 0.717) is 6.42 Å². The molecule has 1 aromatic carbocycles. The number of aliphatic hydroxyl groups excluding tert-OH is 1. The number of nitrogens with one attached hydrogen (secondary N) is 2. The van der Waals surface area contributed by atoms with Gasteiger partial charge in [0, 0.05) is 5.92 Å². The van der Waals surface area contributed by atoms with Crippen LogP contribution in [-0.2, 0) is 14.3 Å². The van der Waals surface area contributed by atoms with Crippen LogP contribution in [0.15, 0.2) is 30.3 Å². The maximum atomic E-state index is 12.3. The number of rotatable bonds is 7. The molecule has 0 aromatic heterocycles. The van der Waals surface area contributed by atoms with E-state index in [1.807, 2.05) is 37.3 Å². The number of benzene rings is 1. The summed E-state index contributed by atoms with van der Waals surface area (Å²) in [6.07, 6.45) is 2.89. The van der Waals surface area contributed by atoms with Crippen molar-refractivity contribution in [1.29, 1.82) is 0 Å². The Balaban J connectivity index is 1.46. The van der Waals surface area contributed by atoms with Crippen molar-refractivity contribution in [3.63, 3.8) is 0 Å². The van der Waals surface area contributed by atoms with Gasteiger partial charge >= 0.3 is 0 Å². The normalized spacial score (nSPS) is 26.8. The Morgan fingerprint density at radius 2 is 1.92 bits per heavy atom. The maximum Gasteiger partial charge on any atom is 0.223 e. The van der Waals surface area contributed by atoms with Gasteiger partial charge in [0.05, 0.1) is 31.2 Å². The van der Waals surface area contributed by atoms with Crippen LogP contribution in [0.25, 0.3) is 0 Å². The van der Waals surface area contributed by atoms with Gasteiger partial charge in [-0.15, -0.1) is 0 Å². The molecule has 0 unspecified atom stereocenters. The second-order valence-corrected chi connectivity index (χ2v) is 7.35. The molecule has 6 heteroatoms. The Morgan fingerprint density at radius 1 is 1.19 bits per heavy atom. The van der Waals surface area contributed by atoms with Gasteiger partial charge in [-0.2, -0.15) is 0 Å². The zero-order chi connectivity index (χ0) is 18.5. The van der Waals surface area contributed by atoms with Crippen molar-refractivity contribution < 1.29 is 19.4 Å². The molecule has 1 aliphatic carbocycles. The summed E-state index contributed by atoms with van der Waals surface area (Å²) in [5.74, 6) is 0.130. The Kier molecular flexibility index (Phi) is 6.27. The predicted octanol–water partition coefficient (Wildman–Crippen LogP) is 1.69. The SMILES string of the molecule is C[C@@H](NC(=O)C[C@@H]1CC[C@H](NC(=O)C2CC2)[C@H](CO)O1)c1ccccc1. The molecule has 1 aliphatic heterocycles. The van der Waals surface area contributed by atoms with Crippen molar-refractivity contribution in [2.24, 2.45) is 5.92 Å². The van der Waals surface area contributed by atoms with Gasteiger partial charge in [-0.1, -0.05) is 30.3 Å². The van der Waals surface area contributed by atoms with Gasteiger partial charge in [-0.05, 0) is 38.2 Å². The molecule has 3 N–H and O–H groups in total. The second kappa shape index (κ2) is 8.64. The third-order valence-corrected chi connectivity index (χ3v) is 5.16. The molecule has 0 spiro atoms. The lowest BCUT2D eigenvalue weighted by atomic mass is 9.96. The lowest BCUT2D eigenvalue weighted by Gasteiger charge is -2.36. The van der Waals surface area contributed by atoms with Crippen LogP contribution in [-0.4, -0.2) is 41.8 Å². The summed E-state index contributed by atoms with van der Waals surface area (Å²) < 4.78 is 5.88. The highest BCUT2D eigenvalue weighted by atomic mass is 16.5. The quantitative estimate of drug-likeness (QED) is 0.690. The van der Waals surface area contributed by atoms with E-state index < -0.39 is 6.10 Å². The van der Waals surface area contributed by atoms with Crippen LogP contribution in [0.2, 0.25) is 0 Å². The highest BCUT2D eigenvalue weighted by Gasteiger charge is 2.36. The lowest BCUT2D eigenvalue weighted by Crippen LogP contribution is -2.51. The smallest absolute Gasteiger partial charge is 0.223 e. The van der Waals surface area contributed by atoms with Gasteiger partial charge in [0.25, 0.3) is 0 Å². The fraction of sp³-hybridized carbons (Fsp3) is 0.600. The van der Waals surface area contributed by atoms with E-state index in [-0.39, 0.29) is 48.9 Å². The summed E-state index contributed by atoms with van der Waals surface area (Å²) in [6, 6.07) is 9.58. The van der Waals surface area contributed by atoms with Crippen molar-refractivity contribution in [2.45, 2.75) is 63.3 Å². The lowest BCUT2D eigenvalue weighted by molar-refractivity contribution is -0.136. The highest BCUT2D eigenvalue weighted by Crippen LogP contribution is 2.30. The summed E-state index contributed by atoms with van der Waals surface area (Å²) >= 11 is 0. The molecular formula is C20H28N2O4. The van der Waals surface area contributed by atoms with Crippen LogP contribution < -0.4 is 10.6 Å². The summed E-state index contributed by atoms with van der Waals surface area (Å²) in [7, 11) is 0. The second-order valence-electron chi connectivity index (χ2n) is 7.35. The molecule has 4 atom stereocenters. The fourth-order valence-electron chi connectivity index (χ4n) is 3.43. The molecule has 1 aromatic rings. The van der Waals surface area contributed by atoms with E-state index in [1.165, 1.54) is 0 Å². The Hall–Kier alpha value is -1.92. The first kappa shape index (κ1) is 18.9. The summed E-state index contributed by atoms with van der Waals surface area (Å²) in [5.41, 5.74) is 1.06. The highest BCUT2D eigenvalue weighted by molar-refractivity contribution is 5.81. The predicted molar refractivity (Wildman–Crippen MR) is 97.3 cm³/mol. The Labute approximate surface area is 154 Å². The number of aliphatic hydroxyl groups is 1. The summed E-state index contributed by atoms with van der Waals surface area (Å²) in [6.45, 7) is 1.79. The molecule has 2 aliphatic rings. The zero-order valence-corrected chi connectivity index (χ0v) is 15.2. The summed E-state index contributed by atoms with van der Waals surface area (Å²) in [4.78, 5) is 24.3. The number of hydrogen-bond donors (Lipinski definition) is 3. The van der Waals surface area contributed by atoms with Crippen LogP contribution in [0.4, 0.5) is 0 Å². The van der Waals surface area contributed by atoms with E-state index in [0.717, 1.165) is 24.8 Å². The molecule has 0 radical (unpaired) electrons. The van der Waals surface area contributed by atoms with Crippen LogP contribution >= 0.6 is 0 Å². The van der Waals surface area contributed by atoms with Crippen LogP contribution in [0.3, 0.4) is 0 Å².